The minimum Gasteiger partial charge on any atom is -0.403 e. The number of phosphoric ester groups is 1. The molecule has 0 aliphatic carbocycles. The largest absolute Gasteiger partial charge is 0.524 e. The highest BCUT2D eigenvalue weighted by molar-refractivity contribution is 7.46. The molecule has 2 N–H and O–H groups in total. The smallest absolute Gasteiger partial charge is 0.403 e. The van der Waals surface area contributed by atoms with Crippen molar-refractivity contribution >= 4 is 18.7 Å². The van der Waals surface area contributed by atoms with Gasteiger partial charge in [-0.05, 0) is 17.7 Å². The Morgan fingerprint density at radius 2 is 1.61 bits per heavy atom. The standard InChI is InChI=1S/C16H14NO5P/c1-17-13-10-6-5-9-12(13)15(22-23(19,20)21)14(16(17)18)11-7-3-2-4-8-11/h2-10H,1H3,(H2,19,20,21). The number of hydrogen-bond acceptors (Lipinski definition) is 3. The van der Waals surface area contributed by atoms with E-state index in [1.165, 1.54) is 4.57 Å². The zero-order valence-electron chi connectivity index (χ0n) is 12.2. The first-order valence-corrected chi connectivity index (χ1v) is 8.34. The molecule has 0 unspecified atom stereocenters. The van der Waals surface area contributed by atoms with Crippen LogP contribution in [0.2, 0.25) is 0 Å². The van der Waals surface area contributed by atoms with Crippen LogP contribution in [0.3, 0.4) is 0 Å². The maximum absolute atomic E-state index is 12.7. The number of rotatable bonds is 3. The van der Waals surface area contributed by atoms with Crippen molar-refractivity contribution in [3.05, 3.63) is 65.0 Å². The molecular weight excluding hydrogens is 317 g/mol. The lowest BCUT2D eigenvalue weighted by Gasteiger charge is -2.16. The topological polar surface area (TPSA) is 88.8 Å². The van der Waals surface area contributed by atoms with Crippen molar-refractivity contribution in [3.63, 3.8) is 0 Å². The van der Waals surface area contributed by atoms with E-state index in [1.807, 2.05) is 0 Å². The van der Waals surface area contributed by atoms with Gasteiger partial charge in [-0.2, -0.15) is 0 Å². The van der Waals surface area contributed by atoms with E-state index in [9.17, 15) is 19.1 Å². The molecular formula is C16H14NO5P. The Morgan fingerprint density at radius 3 is 2.26 bits per heavy atom. The van der Waals surface area contributed by atoms with Crippen molar-refractivity contribution in [3.8, 4) is 16.9 Å². The molecule has 0 saturated heterocycles. The number of hydrogen-bond donors (Lipinski definition) is 2. The molecule has 0 bridgehead atoms. The zero-order valence-corrected chi connectivity index (χ0v) is 13.1. The molecule has 0 radical (unpaired) electrons. The highest BCUT2D eigenvalue weighted by Crippen LogP contribution is 2.44. The molecule has 0 atom stereocenters. The first-order valence-electron chi connectivity index (χ1n) is 6.81. The maximum atomic E-state index is 12.7. The minimum atomic E-state index is -4.82. The molecule has 118 valence electrons. The molecule has 3 aromatic rings. The quantitative estimate of drug-likeness (QED) is 0.720. The number of nitrogens with zero attached hydrogens (tertiary/aromatic N) is 1. The Hall–Kier alpha value is -2.40. The van der Waals surface area contributed by atoms with Crippen LogP contribution in [0, 0.1) is 0 Å². The predicted molar refractivity (Wildman–Crippen MR) is 87.3 cm³/mol. The molecule has 23 heavy (non-hydrogen) atoms. The Bertz CT molecular complexity index is 975. The fourth-order valence-corrected chi connectivity index (χ4v) is 2.97. The van der Waals surface area contributed by atoms with Gasteiger partial charge in [0, 0.05) is 12.4 Å². The van der Waals surface area contributed by atoms with E-state index in [2.05, 4.69) is 0 Å². The van der Waals surface area contributed by atoms with Crippen LogP contribution in [-0.4, -0.2) is 14.4 Å². The van der Waals surface area contributed by atoms with E-state index in [4.69, 9.17) is 4.52 Å². The Morgan fingerprint density at radius 1 is 1.00 bits per heavy atom. The van der Waals surface area contributed by atoms with Gasteiger partial charge in [-0.1, -0.05) is 42.5 Å². The van der Waals surface area contributed by atoms with Crippen molar-refractivity contribution in [2.45, 2.75) is 0 Å². The summed E-state index contributed by atoms with van der Waals surface area (Å²) in [6.45, 7) is 0. The van der Waals surface area contributed by atoms with E-state index in [-0.39, 0.29) is 11.3 Å². The van der Waals surface area contributed by atoms with Crippen LogP contribution in [-0.2, 0) is 11.6 Å². The molecule has 0 fully saturated rings. The summed E-state index contributed by atoms with van der Waals surface area (Å²) in [5, 5.41) is 0.455. The van der Waals surface area contributed by atoms with Gasteiger partial charge in [-0.15, -0.1) is 0 Å². The normalized spacial score (nSPS) is 11.6. The maximum Gasteiger partial charge on any atom is 0.524 e. The van der Waals surface area contributed by atoms with Crippen LogP contribution >= 0.6 is 7.82 Å². The third-order valence-corrected chi connectivity index (χ3v) is 3.95. The van der Waals surface area contributed by atoms with Gasteiger partial charge in [0.15, 0.2) is 5.75 Å². The number of fused-ring (bicyclic) bond motifs is 1. The molecule has 0 aliphatic rings. The number of pyridine rings is 1. The van der Waals surface area contributed by atoms with E-state index < -0.39 is 13.4 Å². The predicted octanol–water partition coefficient (Wildman–Crippen LogP) is 2.68. The molecule has 2 aromatic carbocycles. The summed E-state index contributed by atoms with van der Waals surface area (Å²) in [5.74, 6) is -0.108. The second-order valence-electron chi connectivity index (χ2n) is 5.03. The summed E-state index contributed by atoms with van der Waals surface area (Å²) in [7, 11) is -3.21. The Balaban J connectivity index is 2.47. The Kier molecular flexibility index (Phi) is 3.82. The third-order valence-electron chi connectivity index (χ3n) is 3.53. The summed E-state index contributed by atoms with van der Waals surface area (Å²) in [6.07, 6.45) is 0. The average Bonchev–Trinajstić information content (AvgIpc) is 2.52. The summed E-state index contributed by atoms with van der Waals surface area (Å²) in [4.78, 5) is 31.2. The summed E-state index contributed by atoms with van der Waals surface area (Å²) >= 11 is 0. The van der Waals surface area contributed by atoms with E-state index in [1.54, 1.807) is 61.6 Å². The van der Waals surface area contributed by atoms with Gasteiger partial charge in [-0.25, -0.2) is 4.57 Å². The van der Waals surface area contributed by atoms with Gasteiger partial charge in [0.1, 0.15) is 0 Å². The molecule has 0 saturated carbocycles. The first-order chi connectivity index (χ1) is 10.9. The molecule has 3 rings (SSSR count). The van der Waals surface area contributed by atoms with Gasteiger partial charge in [0.25, 0.3) is 5.56 Å². The molecule has 1 heterocycles. The molecule has 0 spiro atoms. The monoisotopic (exact) mass is 331 g/mol. The molecule has 1 aromatic heterocycles. The second-order valence-corrected chi connectivity index (χ2v) is 6.20. The van der Waals surface area contributed by atoms with Gasteiger partial charge < -0.3 is 9.09 Å². The van der Waals surface area contributed by atoms with Crippen LogP contribution < -0.4 is 10.1 Å². The Labute approximate surface area is 131 Å². The number of benzene rings is 2. The van der Waals surface area contributed by atoms with Crippen molar-refractivity contribution < 1.29 is 18.9 Å². The van der Waals surface area contributed by atoms with Gasteiger partial charge in [0.2, 0.25) is 0 Å². The number of aryl methyl sites for hydroxylation is 1. The summed E-state index contributed by atoms with van der Waals surface area (Å²) in [5.41, 5.74) is 0.788. The first kappa shape index (κ1) is 15.5. The van der Waals surface area contributed by atoms with E-state index in [0.717, 1.165) is 0 Å². The van der Waals surface area contributed by atoms with Crippen LogP contribution in [0.15, 0.2) is 59.4 Å². The lowest BCUT2D eigenvalue weighted by molar-refractivity contribution is 0.284. The minimum absolute atomic E-state index is 0.108. The molecule has 7 heteroatoms. The van der Waals surface area contributed by atoms with E-state index >= 15 is 0 Å². The molecule has 6 nitrogen and oxygen atoms in total. The van der Waals surface area contributed by atoms with Crippen LogP contribution in [0.5, 0.6) is 5.75 Å². The lowest BCUT2D eigenvalue weighted by atomic mass is 10.0. The number of phosphoric acid groups is 1. The van der Waals surface area contributed by atoms with Crippen LogP contribution in [0.1, 0.15) is 0 Å². The van der Waals surface area contributed by atoms with E-state index in [0.29, 0.717) is 16.5 Å². The van der Waals surface area contributed by atoms with Crippen molar-refractivity contribution in [2.24, 2.45) is 7.05 Å². The molecule has 0 amide bonds. The molecule has 0 aliphatic heterocycles. The highest BCUT2D eigenvalue weighted by atomic mass is 31.2. The van der Waals surface area contributed by atoms with Gasteiger partial charge in [-0.3, -0.25) is 14.6 Å². The fourth-order valence-electron chi connectivity index (χ4n) is 2.54. The second kappa shape index (κ2) is 5.66. The highest BCUT2D eigenvalue weighted by Gasteiger charge is 2.24. The lowest BCUT2D eigenvalue weighted by Crippen LogP contribution is -2.20. The SMILES string of the molecule is Cn1c(=O)c(-c2ccccc2)c(OP(=O)(O)O)c2ccccc21. The number of para-hydroxylation sites is 1. The zero-order chi connectivity index (χ0) is 16.6. The van der Waals surface area contributed by atoms with Crippen molar-refractivity contribution in [1.29, 1.82) is 0 Å². The van der Waals surface area contributed by atoms with Crippen molar-refractivity contribution in [2.75, 3.05) is 0 Å². The van der Waals surface area contributed by atoms with Crippen LogP contribution in [0.25, 0.3) is 22.0 Å². The summed E-state index contributed by atoms with van der Waals surface area (Å²) < 4.78 is 17.7. The third kappa shape index (κ3) is 2.92. The van der Waals surface area contributed by atoms with Gasteiger partial charge >= 0.3 is 7.82 Å². The number of aromatic nitrogens is 1. The summed E-state index contributed by atoms with van der Waals surface area (Å²) in [6, 6.07) is 15.5. The van der Waals surface area contributed by atoms with Gasteiger partial charge in [0.05, 0.1) is 11.1 Å². The average molecular weight is 331 g/mol. The van der Waals surface area contributed by atoms with Crippen molar-refractivity contribution in [1.82, 2.24) is 4.57 Å². The fraction of sp³-hybridized carbons (Fsp3) is 0.0625. The van der Waals surface area contributed by atoms with Crippen LogP contribution in [0.4, 0.5) is 0 Å².